The second-order valence-electron chi connectivity index (χ2n) is 8.43. The Kier molecular flexibility index (Phi) is 6.96. The highest BCUT2D eigenvalue weighted by Gasteiger charge is 2.29. The number of nitrogens with one attached hydrogen (secondary N) is 1. The summed E-state index contributed by atoms with van der Waals surface area (Å²) in [5, 5.41) is 5.04. The highest BCUT2D eigenvalue weighted by molar-refractivity contribution is 7.10. The van der Waals surface area contributed by atoms with E-state index in [-0.39, 0.29) is 17.7 Å². The molecule has 0 bridgehead atoms. The first-order valence-corrected chi connectivity index (χ1v) is 11.1. The number of thiophene rings is 1. The molecule has 5 nitrogen and oxygen atoms in total. The lowest BCUT2D eigenvalue weighted by atomic mass is 10.1. The van der Waals surface area contributed by atoms with Crippen LogP contribution in [0.1, 0.15) is 37.1 Å². The van der Waals surface area contributed by atoms with Crippen LogP contribution >= 0.6 is 11.3 Å². The van der Waals surface area contributed by atoms with E-state index in [9.17, 15) is 9.59 Å². The van der Waals surface area contributed by atoms with E-state index >= 15 is 0 Å². The Balaban J connectivity index is 1.81. The average Bonchev–Trinajstić information content (AvgIpc) is 3.39. The van der Waals surface area contributed by atoms with E-state index < -0.39 is 0 Å². The molecule has 1 fully saturated rings. The Morgan fingerprint density at radius 1 is 1.21 bits per heavy atom. The van der Waals surface area contributed by atoms with Crippen LogP contribution in [0.15, 0.2) is 35.7 Å². The van der Waals surface area contributed by atoms with Gasteiger partial charge in [0, 0.05) is 49.4 Å². The van der Waals surface area contributed by atoms with Gasteiger partial charge in [0.15, 0.2) is 0 Å². The fourth-order valence-electron chi connectivity index (χ4n) is 3.39. The van der Waals surface area contributed by atoms with Crippen molar-refractivity contribution in [3.63, 3.8) is 0 Å². The highest BCUT2D eigenvalue weighted by atomic mass is 32.1. The summed E-state index contributed by atoms with van der Waals surface area (Å²) in [6, 6.07) is 9.97. The monoisotopic (exact) mass is 413 g/mol. The summed E-state index contributed by atoms with van der Waals surface area (Å²) in [5.41, 5.74) is 2.91. The fourth-order valence-corrected chi connectivity index (χ4v) is 4.09. The Bertz CT molecular complexity index is 842. The number of hydrogen-bond donors (Lipinski definition) is 1. The lowest BCUT2D eigenvalue weighted by molar-refractivity contribution is -0.131. The van der Waals surface area contributed by atoms with Crippen LogP contribution in [0.3, 0.4) is 0 Å². The van der Waals surface area contributed by atoms with Crippen LogP contribution in [0.4, 0.5) is 11.4 Å². The van der Waals surface area contributed by atoms with E-state index in [2.05, 4.69) is 24.1 Å². The first-order chi connectivity index (χ1) is 13.8. The van der Waals surface area contributed by atoms with Gasteiger partial charge in [-0.3, -0.25) is 9.59 Å². The van der Waals surface area contributed by atoms with Gasteiger partial charge in [-0.25, -0.2) is 0 Å². The fraction of sp³-hybridized carbons (Fsp3) is 0.478. The number of carbonyl (C=O) groups is 2. The van der Waals surface area contributed by atoms with Gasteiger partial charge in [-0.1, -0.05) is 19.9 Å². The first-order valence-electron chi connectivity index (χ1n) is 10.2. The summed E-state index contributed by atoms with van der Waals surface area (Å²) < 4.78 is 0. The zero-order chi connectivity index (χ0) is 21.0. The second kappa shape index (κ2) is 9.44. The number of benzene rings is 1. The van der Waals surface area contributed by atoms with Crippen LogP contribution in [0.2, 0.25) is 0 Å². The van der Waals surface area contributed by atoms with Crippen molar-refractivity contribution in [3.05, 3.63) is 46.2 Å². The van der Waals surface area contributed by atoms with Gasteiger partial charge in [0.1, 0.15) is 0 Å². The van der Waals surface area contributed by atoms with E-state index in [1.807, 2.05) is 54.7 Å². The van der Waals surface area contributed by atoms with Crippen molar-refractivity contribution in [2.24, 2.45) is 11.8 Å². The molecule has 6 heteroatoms. The van der Waals surface area contributed by atoms with Crippen LogP contribution in [-0.4, -0.2) is 37.4 Å². The molecule has 156 valence electrons. The third-order valence-corrected chi connectivity index (χ3v) is 5.86. The predicted molar refractivity (Wildman–Crippen MR) is 120 cm³/mol. The number of nitrogens with zero attached hydrogens (tertiary/aromatic N) is 2. The molecule has 1 aromatic carbocycles. The maximum atomic E-state index is 13.0. The Hall–Kier alpha value is -2.34. The molecule has 0 unspecified atom stereocenters. The molecule has 2 aromatic rings. The standard InChI is InChI=1S/C23H31N3O2S/c1-16(2)14-26(22(27)13-20-6-5-11-29-20)15-18-12-19(9-10-21(18)25(3)4)24-23(28)17-7-8-17/h5-6,9-12,16-17H,7-8,13-15H2,1-4H3,(H,24,28). The third kappa shape index (κ3) is 6.07. The first kappa shape index (κ1) is 21.4. The van der Waals surface area contributed by atoms with Crippen LogP contribution in [0.25, 0.3) is 0 Å². The van der Waals surface area contributed by atoms with Gasteiger partial charge in [0.05, 0.1) is 6.42 Å². The molecule has 0 aliphatic heterocycles. The highest BCUT2D eigenvalue weighted by Crippen LogP contribution is 2.31. The Morgan fingerprint density at radius 2 is 1.97 bits per heavy atom. The van der Waals surface area contributed by atoms with Crippen molar-refractivity contribution in [2.75, 3.05) is 30.9 Å². The van der Waals surface area contributed by atoms with Crippen molar-refractivity contribution in [1.29, 1.82) is 0 Å². The smallest absolute Gasteiger partial charge is 0.228 e. The third-order valence-electron chi connectivity index (χ3n) is 4.98. The number of hydrogen-bond acceptors (Lipinski definition) is 4. The van der Waals surface area contributed by atoms with Crippen molar-refractivity contribution in [1.82, 2.24) is 4.90 Å². The molecular weight excluding hydrogens is 382 g/mol. The molecule has 0 saturated heterocycles. The summed E-state index contributed by atoms with van der Waals surface area (Å²) in [6.45, 7) is 5.49. The van der Waals surface area contributed by atoms with E-state index in [1.165, 1.54) is 0 Å². The summed E-state index contributed by atoms with van der Waals surface area (Å²) >= 11 is 1.62. The van der Waals surface area contributed by atoms with Crippen LogP contribution in [0.5, 0.6) is 0 Å². The topological polar surface area (TPSA) is 52.7 Å². The largest absolute Gasteiger partial charge is 0.377 e. The van der Waals surface area contributed by atoms with Gasteiger partial charge >= 0.3 is 0 Å². The molecule has 29 heavy (non-hydrogen) atoms. The van der Waals surface area contributed by atoms with Gasteiger partial charge < -0.3 is 15.1 Å². The van der Waals surface area contributed by atoms with Gasteiger partial charge in [0.25, 0.3) is 0 Å². The van der Waals surface area contributed by atoms with Crippen molar-refractivity contribution in [2.45, 2.75) is 39.7 Å². The van der Waals surface area contributed by atoms with Gasteiger partial charge in [-0.15, -0.1) is 11.3 Å². The predicted octanol–water partition coefficient (Wildman–Crippen LogP) is 4.39. The van der Waals surface area contributed by atoms with E-state index in [4.69, 9.17) is 0 Å². The van der Waals surface area contributed by atoms with Gasteiger partial charge in [-0.05, 0) is 54.0 Å². The Labute approximate surface area is 177 Å². The van der Waals surface area contributed by atoms with E-state index in [0.29, 0.717) is 25.4 Å². The molecule has 1 aliphatic carbocycles. The molecule has 3 rings (SSSR count). The number of carbonyl (C=O) groups excluding carboxylic acids is 2. The minimum absolute atomic E-state index is 0.0985. The summed E-state index contributed by atoms with van der Waals surface area (Å²) in [4.78, 5) is 30.3. The van der Waals surface area contributed by atoms with Crippen LogP contribution in [-0.2, 0) is 22.6 Å². The SMILES string of the molecule is CC(C)CN(Cc1cc(NC(=O)C2CC2)ccc1N(C)C)C(=O)Cc1cccs1. The lowest BCUT2D eigenvalue weighted by Crippen LogP contribution is -2.35. The van der Waals surface area contributed by atoms with Crippen molar-refractivity contribution < 1.29 is 9.59 Å². The molecule has 1 N–H and O–H groups in total. The maximum absolute atomic E-state index is 13.0. The van der Waals surface area contributed by atoms with Crippen molar-refractivity contribution in [3.8, 4) is 0 Å². The number of rotatable bonds is 9. The Morgan fingerprint density at radius 3 is 2.55 bits per heavy atom. The molecule has 2 amide bonds. The molecule has 0 spiro atoms. The number of anilines is 2. The van der Waals surface area contributed by atoms with E-state index in [1.54, 1.807) is 11.3 Å². The van der Waals surface area contributed by atoms with Crippen LogP contribution in [0, 0.1) is 11.8 Å². The molecular formula is C23H31N3O2S. The minimum Gasteiger partial charge on any atom is -0.377 e. The quantitative estimate of drug-likeness (QED) is 0.663. The molecule has 0 radical (unpaired) electrons. The van der Waals surface area contributed by atoms with Crippen molar-refractivity contribution >= 4 is 34.5 Å². The zero-order valence-electron chi connectivity index (χ0n) is 17.8. The second-order valence-corrected chi connectivity index (χ2v) is 9.46. The van der Waals surface area contributed by atoms with Gasteiger partial charge in [-0.2, -0.15) is 0 Å². The number of amides is 2. The normalized spacial score (nSPS) is 13.4. The van der Waals surface area contributed by atoms with E-state index in [0.717, 1.165) is 34.7 Å². The summed E-state index contributed by atoms with van der Waals surface area (Å²) in [6.07, 6.45) is 2.39. The maximum Gasteiger partial charge on any atom is 0.228 e. The zero-order valence-corrected chi connectivity index (χ0v) is 18.6. The lowest BCUT2D eigenvalue weighted by Gasteiger charge is -2.27. The molecule has 1 aliphatic rings. The molecule has 1 saturated carbocycles. The average molecular weight is 414 g/mol. The summed E-state index contributed by atoms with van der Waals surface area (Å²) in [5.74, 6) is 0.777. The van der Waals surface area contributed by atoms with Crippen LogP contribution < -0.4 is 10.2 Å². The molecule has 0 atom stereocenters. The molecule has 1 heterocycles. The molecule has 1 aromatic heterocycles. The summed E-state index contributed by atoms with van der Waals surface area (Å²) in [7, 11) is 4.00. The minimum atomic E-state index is 0.0985. The van der Waals surface area contributed by atoms with Gasteiger partial charge in [0.2, 0.25) is 11.8 Å².